The molecule has 1 N–H and O–H groups in total. The van der Waals surface area contributed by atoms with Crippen LogP contribution in [0.5, 0.6) is 0 Å². The van der Waals surface area contributed by atoms with Gasteiger partial charge in [0.05, 0.1) is 6.67 Å². The van der Waals surface area contributed by atoms with Gasteiger partial charge in [0, 0.05) is 32.8 Å². The molecular weight excluding hydrogens is 384 g/mol. The lowest BCUT2D eigenvalue weighted by molar-refractivity contribution is -0.143. The number of benzene rings is 1. The molecule has 4 amide bonds. The lowest BCUT2D eigenvalue weighted by Crippen LogP contribution is -2.54. The van der Waals surface area contributed by atoms with Crippen LogP contribution < -0.4 is 5.32 Å². The van der Waals surface area contributed by atoms with Crippen molar-refractivity contribution in [2.45, 2.75) is 43.7 Å². The summed E-state index contributed by atoms with van der Waals surface area (Å²) in [7, 11) is 0. The van der Waals surface area contributed by atoms with Crippen LogP contribution in [0, 0.1) is 0 Å². The molecule has 1 spiro atoms. The number of aryl methyl sites for hydroxylation is 1. The molecule has 8 heteroatoms. The average molecular weight is 412 g/mol. The van der Waals surface area contributed by atoms with Gasteiger partial charge in [0.25, 0.3) is 11.8 Å². The Morgan fingerprint density at radius 1 is 1.13 bits per heavy atom. The van der Waals surface area contributed by atoms with E-state index in [9.17, 15) is 14.4 Å². The van der Waals surface area contributed by atoms with Crippen molar-refractivity contribution in [3.8, 4) is 0 Å². The fourth-order valence-corrected chi connectivity index (χ4v) is 5.23. The van der Waals surface area contributed by atoms with E-state index < -0.39 is 5.54 Å². The minimum Gasteiger partial charge on any atom is -0.368 e. The maximum absolute atomic E-state index is 13.4. The SMILES string of the molecule is O=C([C@@H]1CCCO1)N1CCN(CN2C(=O)N[C@]3(CCCc4ccccc43)C2=O)CC1. The van der Waals surface area contributed by atoms with E-state index in [1.54, 1.807) is 0 Å². The zero-order valence-electron chi connectivity index (χ0n) is 17.1. The normalized spacial score (nSPS) is 29.4. The number of nitrogens with one attached hydrogen (secondary N) is 1. The summed E-state index contributed by atoms with van der Waals surface area (Å²) < 4.78 is 5.51. The van der Waals surface area contributed by atoms with Gasteiger partial charge in [0.15, 0.2) is 0 Å². The quantitative estimate of drug-likeness (QED) is 0.751. The number of hydrogen-bond acceptors (Lipinski definition) is 5. The maximum Gasteiger partial charge on any atom is 0.326 e. The molecule has 0 unspecified atom stereocenters. The number of rotatable bonds is 3. The zero-order chi connectivity index (χ0) is 20.7. The summed E-state index contributed by atoms with van der Waals surface area (Å²) in [6.07, 6.45) is 3.88. The Labute approximate surface area is 176 Å². The second-order valence-corrected chi connectivity index (χ2v) is 8.67. The molecule has 8 nitrogen and oxygen atoms in total. The van der Waals surface area contributed by atoms with E-state index in [2.05, 4.69) is 10.2 Å². The van der Waals surface area contributed by atoms with Crippen LogP contribution in [0.1, 0.15) is 36.8 Å². The van der Waals surface area contributed by atoms with Gasteiger partial charge in [-0.1, -0.05) is 24.3 Å². The molecule has 0 aromatic heterocycles. The van der Waals surface area contributed by atoms with E-state index >= 15 is 0 Å². The molecule has 3 fully saturated rings. The summed E-state index contributed by atoms with van der Waals surface area (Å²) >= 11 is 0. The number of amides is 4. The highest BCUT2D eigenvalue weighted by atomic mass is 16.5. The molecule has 0 bridgehead atoms. The monoisotopic (exact) mass is 412 g/mol. The third kappa shape index (κ3) is 3.18. The first-order valence-electron chi connectivity index (χ1n) is 10.9. The van der Waals surface area contributed by atoms with E-state index in [0.717, 1.165) is 36.8 Å². The number of carbonyl (C=O) groups is 3. The number of hydrogen-bond donors (Lipinski definition) is 1. The lowest BCUT2D eigenvalue weighted by atomic mass is 9.76. The van der Waals surface area contributed by atoms with E-state index in [0.29, 0.717) is 39.2 Å². The van der Waals surface area contributed by atoms with Crippen molar-refractivity contribution in [3.63, 3.8) is 0 Å². The van der Waals surface area contributed by atoms with Crippen molar-refractivity contribution in [1.29, 1.82) is 0 Å². The summed E-state index contributed by atoms with van der Waals surface area (Å²) in [5, 5.41) is 3.01. The summed E-state index contributed by atoms with van der Waals surface area (Å²) in [5.74, 6) is -0.0857. The van der Waals surface area contributed by atoms with Gasteiger partial charge in [-0.25, -0.2) is 9.69 Å². The number of urea groups is 1. The Morgan fingerprint density at radius 3 is 2.70 bits per heavy atom. The number of imide groups is 1. The summed E-state index contributed by atoms with van der Waals surface area (Å²) in [5.41, 5.74) is 1.15. The van der Waals surface area contributed by atoms with Gasteiger partial charge in [0.1, 0.15) is 11.6 Å². The Bertz CT molecular complexity index is 860. The minimum atomic E-state index is -0.927. The van der Waals surface area contributed by atoms with Crippen molar-refractivity contribution >= 4 is 17.8 Å². The molecular formula is C22H28N4O4. The van der Waals surface area contributed by atoms with Gasteiger partial charge in [-0.2, -0.15) is 0 Å². The number of nitrogens with zero attached hydrogens (tertiary/aromatic N) is 3. The molecule has 1 aromatic rings. The average Bonchev–Trinajstić information content (AvgIpc) is 3.38. The third-order valence-electron chi connectivity index (χ3n) is 6.88. The number of ether oxygens (including phenoxy) is 1. The van der Waals surface area contributed by atoms with Crippen LogP contribution in [0.15, 0.2) is 24.3 Å². The number of fused-ring (bicyclic) bond motifs is 2. The van der Waals surface area contributed by atoms with Crippen LogP contribution in [0.4, 0.5) is 4.79 Å². The second-order valence-electron chi connectivity index (χ2n) is 8.67. The molecule has 3 aliphatic heterocycles. The molecule has 1 aliphatic carbocycles. The lowest BCUT2D eigenvalue weighted by Gasteiger charge is -2.37. The largest absolute Gasteiger partial charge is 0.368 e. The molecule has 160 valence electrons. The van der Waals surface area contributed by atoms with Crippen molar-refractivity contribution in [3.05, 3.63) is 35.4 Å². The smallest absolute Gasteiger partial charge is 0.326 e. The Morgan fingerprint density at radius 2 is 1.93 bits per heavy atom. The van der Waals surface area contributed by atoms with Crippen LogP contribution in [-0.2, 0) is 26.3 Å². The van der Waals surface area contributed by atoms with Crippen LogP contribution in [0.3, 0.4) is 0 Å². The zero-order valence-corrected chi connectivity index (χ0v) is 17.1. The predicted octanol–water partition coefficient (Wildman–Crippen LogP) is 1.05. The molecule has 2 atom stereocenters. The van der Waals surface area contributed by atoms with Crippen LogP contribution in [-0.4, -0.2) is 78.1 Å². The van der Waals surface area contributed by atoms with Gasteiger partial charge in [-0.15, -0.1) is 0 Å². The van der Waals surface area contributed by atoms with Crippen LogP contribution >= 0.6 is 0 Å². The van der Waals surface area contributed by atoms with Gasteiger partial charge in [-0.05, 0) is 43.2 Å². The Hall–Kier alpha value is -2.45. The van der Waals surface area contributed by atoms with Gasteiger partial charge in [0.2, 0.25) is 0 Å². The standard InChI is InChI=1S/C22H28N4O4/c27-19(18-8-4-14-30-18)25-12-10-24(11-13-25)15-26-20(28)22(23-21(26)29)9-3-6-16-5-1-2-7-17(16)22/h1-2,5,7,18H,3-4,6,8-15H2,(H,23,29)/t18-,22-/m0/s1. The molecule has 5 rings (SSSR count). The van der Waals surface area contributed by atoms with Crippen LogP contribution in [0.2, 0.25) is 0 Å². The second kappa shape index (κ2) is 7.67. The highest BCUT2D eigenvalue weighted by Crippen LogP contribution is 2.39. The Kier molecular flexibility index (Phi) is 4.99. The first-order valence-corrected chi connectivity index (χ1v) is 10.9. The predicted molar refractivity (Wildman–Crippen MR) is 108 cm³/mol. The number of piperazine rings is 1. The molecule has 4 aliphatic rings. The fourth-order valence-electron chi connectivity index (χ4n) is 5.23. The first-order chi connectivity index (χ1) is 14.6. The molecule has 0 saturated carbocycles. The summed E-state index contributed by atoms with van der Waals surface area (Å²) in [6, 6.07) is 7.59. The minimum absolute atomic E-state index is 0.0694. The van der Waals surface area contributed by atoms with Crippen molar-refractivity contribution in [1.82, 2.24) is 20.0 Å². The van der Waals surface area contributed by atoms with E-state index in [-0.39, 0.29) is 30.6 Å². The number of carbonyl (C=O) groups excluding carboxylic acids is 3. The summed E-state index contributed by atoms with van der Waals surface area (Å²) in [4.78, 5) is 44.0. The molecule has 3 heterocycles. The molecule has 1 aromatic carbocycles. The topological polar surface area (TPSA) is 82.2 Å². The van der Waals surface area contributed by atoms with Crippen molar-refractivity contribution < 1.29 is 19.1 Å². The van der Waals surface area contributed by atoms with E-state index in [4.69, 9.17) is 4.74 Å². The first kappa shape index (κ1) is 19.5. The highest BCUT2D eigenvalue weighted by molar-refractivity contribution is 6.07. The van der Waals surface area contributed by atoms with Crippen LogP contribution in [0.25, 0.3) is 0 Å². The van der Waals surface area contributed by atoms with Gasteiger partial charge in [-0.3, -0.25) is 14.5 Å². The van der Waals surface area contributed by atoms with E-state index in [1.165, 1.54) is 4.90 Å². The molecule has 3 saturated heterocycles. The highest BCUT2D eigenvalue weighted by Gasteiger charge is 2.54. The maximum atomic E-state index is 13.4. The van der Waals surface area contributed by atoms with Gasteiger partial charge >= 0.3 is 6.03 Å². The van der Waals surface area contributed by atoms with Crippen molar-refractivity contribution in [2.24, 2.45) is 0 Å². The summed E-state index contributed by atoms with van der Waals surface area (Å²) in [6.45, 7) is 3.38. The van der Waals surface area contributed by atoms with Gasteiger partial charge < -0.3 is 15.0 Å². The van der Waals surface area contributed by atoms with Crippen molar-refractivity contribution in [2.75, 3.05) is 39.5 Å². The molecule has 30 heavy (non-hydrogen) atoms. The molecule has 0 radical (unpaired) electrons. The van der Waals surface area contributed by atoms with E-state index in [1.807, 2.05) is 29.2 Å². The fraction of sp³-hybridized carbons (Fsp3) is 0.591. The Balaban J connectivity index is 1.24. The third-order valence-corrected chi connectivity index (χ3v) is 6.88.